The zero-order chi connectivity index (χ0) is 19.8. The van der Waals surface area contributed by atoms with Gasteiger partial charge in [-0.3, -0.25) is 19.0 Å². The Morgan fingerprint density at radius 2 is 1.54 bits per heavy atom. The van der Waals surface area contributed by atoms with E-state index in [2.05, 4.69) is 6.58 Å². The summed E-state index contributed by atoms with van der Waals surface area (Å²) in [6.07, 6.45) is 1.29. The first-order valence-corrected chi connectivity index (χ1v) is 9.26. The van der Waals surface area contributed by atoms with E-state index >= 15 is 0 Å². The summed E-state index contributed by atoms with van der Waals surface area (Å²) in [4.78, 5) is 40.4. The van der Waals surface area contributed by atoms with Gasteiger partial charge in [-0.15, -0.1) is 0 Å². The van der Waals surface area contributed by atoms with Crippen molar-refractivity contribution in [1.82, 2.24) is 14.4 Å². The highest BCUT2D eigenvalue weighted by Crippen LogP contribution is 2.30. The lowest BCUT2D eigenvalue weighted by molar-refractivity contribution is -0.130. The molecular formula is C22H21N3O3. The van der Waals surface area contributed by atoms with Crippen LogP contribution >= 0.6 is 0 Å². The van der Waals surface area contributed by atoms with E-state index in [4.69, 9.17) is 0 Å². The predicted molar refractivity (Wildman–Crippen MR) is 108 cm³/mol. The van der Waals surface area contributed by atoms with Gasteiger partial charge in [0.2, 0.25) is 5.91 Å². The topological polar surface area (TPSA) is 62.6 Å². The van der Waals surface area contributed by atoms with Gasteiger partial charge in [-0.2, -0.15) is 0 Å². The zero-order valence-corrected chi connectivity index (χ0v) is 15.7. The number of benzene rings is 2. The lowest BCUT2D eigenvalue weighted by atomic mass is 10.1. The highest BCUT2D eigenvalue weighted by molar-refractivity contribution is 6.16. The van der Waals surface area contributed by atoms with Gasteiger partial charge in [0.1, 0.15) is 0 Å². The fourth-order valence-electron chi connectivity index (χ4n) is 3.84. The molecule has 0 bridgehead atoms. The summed E-state index contributed by atoms with van der Waals surface area (Å²) >= 11 is 0. The second kappa shape index (κ2) is 6.96. The molecule has 3 aromatic rings. The Morgan fingerprint density at radius 1 is 0.893 bits per heavy atom. The maximum atomic E-state index is 13.0. The summed E-state index contributed by atoms with van der Waals surface area (Å²) < 4.78 is 1.62. The van der Waals surface area contributed by atoms with Crippen molar-refractivity contribution >= 4 is 39.5 Å². The minimum Gasteiger partial charge on any atom is -0.339 e. The number of amides is 2. The fraction of sp³-hybridized carbons (Fsp3) is 0.227. The molecule has 1 aromatic heterocycles. The third kappa shape index (κ3) is 2.87. The highest BCUT2D eigenvalue weighted by Gasteiger charge is 2.24. The molecule has 0 spiro atoms. The zero-order valence-electron chi connectivity index (χ0n) is 15.7. The number of carbonyl (C=O) groups is 3. The summed E-state index contributed by atoms with van der Waals surface area (Å²) in [5.41, 5.74) is 2.13. The molecule has 6 nitrogen and oxygen atoms in total. The number of hydrogen-bond donors (Lipinski definition) is 0. The third-order valence-corrected chi connectivity index (χ3v) is 5.33. The van der Waals surface area contributed by atoms with Gasteiger partial charge in [0.15, 0.2) is 0 Å². The van der Waals surface area contributed by atoms with Crippen molar-refractivity contribution in [2.75, 3.05) is 26.2 Å². The Hall–Kier alpha value is -3.41. The molecule has 1 aliphatic heterocycles. The standard InChI is InChI=1S/C22H21N3O3/c1-3-21(27)25-19-7-5-4-6-17(19)18-14-16(8-9-20(18)25)22(28)24-12-10-23(11-13-24)15(2)26/h3-9,14H,1,10-13H2,2H3. The largest absolute Gasteiger partial charge is 0.339 e. The second-order valence-electron chi connectivity index (χ2n) is 6.93. The number of allylic oxidation sites excluding steroid dienone is 1. The van der Waals surface area contributed by atoms with Gasteiger partial charge in [-0.25, -0.2) is 0 Å². The van der Waals surface area contributed by atoms with Crippen molar-refractivity contribution in [3.63, 3.8) is 0 Å². The molecule has 1 fully saturated rings. The summed E-state index contributed by atoms with van der Waals surface area (Å²) in [7, 11) is 0. The lowest BCUT2D eigenvalue weighted by Gasteiger charge is -2.34. The van der Waals surface area contributed by atoms with Gasteiger partial charge in [0, 0.05) is 49.4 Å². The van der Waals surface area contributed by atoms with Gasteiger partial charge in [-0.05, 0) is 30.3 Å². The van der Waals surface area contributed by atoms with Gasteiger partial charge < -0.3 is 9.80 Å². The Labute approximate surface area is 162 Å². The number of rotatable bonds is 2. The molecule has 1 aliphatic rings. The van der Waals surface area contributed by atoms with Crippen molar-refractivity contribution in [2.24, 2.45) is 0 Å². The predicted octanol–water partition coefficient (Wildman–Crippen LogP) is 2.93. The minimum atomic E-state index is -0.203. The van der Waals surface area contributed by atoms with E-state index in [-0.39, 0.29) is 17.7 Å². The van der Waals surface area contributed by atoms with Gasteiger partial charge in [0.05, 0.1) is 11.0 Å². The first-order chi connectivity index (χ1) is 13.5. The SMILES string of the molecule is C=CC(=O)n1c2ccccc2c2cc(C(=O)N3CCN(C(C)=O)CC3)ccc21. The van der Waals surface area contributed by atoms with Gasteiger partial charge >= 0.3 is 0 Å². The van der Waals surface area contributed by atoms with Crippen molar-refractivity contribution in [1.29, 1.82) is 0 Å². The van der Waals surface area contributed by atoms with Crippen LogP contribution in [-0.4, -0.2) is 58.3 Å². The molecule has 2 heterocycles. The maximum Gasteiger partial charge on any atom is 0.254 e. The molecule has 0 saturated carbocycles. The molecular weight excluding hydrogens is 354 g/mol. The lowest BCUT2D eigenvalue weighted by Crippen LogP contribution is -2.50. The van der Waals surface area contributed by atoms with E-state index in [9.17, 15) is 14.4 Å². The normalized spacial score (nSPS) is 14.5. The van der Waals surface area contributed by atoms with Crippen molar-refractivity contribution in [3.8, 4) is 0 Å². The number of fused-ring (bicyclic) bond motifs is 3. The molecule has 2 aromatic carbocycles. The van der Waals surface area contributed by atoms with Crippen LogP contribution in [0.3, 0.4) is 0 Å². The number of hydrogen-bond acceptors (Lipinski definition) is 3. The van der Waals surface area contributed by atoms with Crippen LogP contribution in [0.2, 0.25) is 0 Å². The molecule has 0 atom stereocenters. The molecule has 4 rings (SSSR count). The van der Waals surface area contributed by atoms with Crippen molar-refractivity contribution in [2.45, 2.75) is 6.92 Å². The molecule has 0 radical (unpaired) electrons. The Morgan fingerprint density at radius 3 is 2.21 bits per heavy atom. The highest BCUT2D eigenvalue weighted by atomic mass is 16.2. The number of piperazine rings is 1. The number of para-hydroxylation sites is 1. The summed E-state index contributed by atoms with van der Waals surface area (Å²) in [5.74, 6) is -0.226. The van der Waals surface area contributed by atoms with E-state index < -0.39 is 0 Å². The molecule has 0 N–H and O–H groups in total. The quantitative estimate of drug-likeness (QED) is 0.647. The van der Waals surface area contributed by atoms with Crippen LogP contribution in [0, 0.1) is 0 Å². The third-order valence-electron chi connectivity index (χ3n) is 5.33. The maximum absolute atomic E-state index is 13.0. The van der Waals surface area contributed by atoms with E-state index in [1.165, 1.54) is 6.08 Å². The van der Waals surface area contributed by atoms with Gasteiger partial charge in [-0.1, -0.05) is 24.8 Å². The molecule has 0 unspecified atom stereocenters. The van der Waals surface area contributed by atoms with Crippen LogP contribution in [0.5, 0.6) is 0 Å². The number of aromatic nitrogens is 1. The van der Waals surface area contributed by atoms with Crippen LogP contribution in [-0.2, 0) is 4.79 Å². The van der Waals surface area contributed by atoms with Crippen LogP contribution < -0.4 is 0 Å². The average molecular weight is 375 g/mol. The smallest absolute Gasteiger partial charge is 0.254 e. The van der Waals surface area contributed by atoms with E-state index in [0.717, 1.165) is 21.8 Å². The fourth-order valence-corrected chi connectivity index (χ4v) is 3.84. The first kappa shape index (κ1) is 18.0. The summed E-state index contributed by atoms with van der Waals surface area (Å²) in [6.45, 7) is 7.29. The molecule has 1 saturated heterocycles. The Balaban J connectivity index is 1.73. The summed E-state index contributed by atoms with van der Waals surface area (Å²) in [5, 5.41) is 1.78. The number of carbonyl (C=O) groups excluding carboxylic acids is 3. The van der Waals surface area contributed by atoms with Crippen molar-refractivity contribution < 1.29 is 14.4 Å². The molecule has 0 aliphatic carbocycles. The van der Waals surface area contributed by atoms with Crippen LogP contribution in [0.25, 0.3) is 21.8 Å². The molecule has 2 amide bonds. The average Bonchev–Trinajstić information content (AvgIpc) is 3.06. The Bertz CT molecular complexity index is 1120. The minimum absolute atomic E-state index is 0.0354. The Kier molecular flexibility index (Phi) is 4.47. The van der Waals surface area contributed by atoms with E-state index in [1.54, 1.807) is 27.4 Å². The van der Waals surface area contributed by atoms with E-state index in [0.29, 0.717) is 31.7 Å². The molecule has 28 heavy (non-hydrogen) atoms. The molecule has 142 valence electrons. The monoisotopic (exact) mass is 375 g/mol. The number of nitrogens with zero attached hydrogens (tertiary/aromatic N) is 3. The molecule has 6 heteroatoms. The van der Waals surface area contributed by atoms with Crippen LogP contribution in [0.15, 0.2) is 55.1 Å². The van der Waals surface area contributed by atoms with Gasteiger partial charge in [0.25, 0.3) is 11.8 Å². The van der Waals surface area contributed by atoms with E-state index in [1.807, 2.05) is 36.4 Å². The summed E-state index contributed by atoms with van der Waals surface area (Å²) in [6, 6.07) is 13.1. The van der Waals surface area contributed by atoms with Crippen LogP contribution in [0.4, 0.5) is 0 Å². The van der Waals surface area contributed by atoms with Crippen molar-refractivity contribution in [3.05, 3.63) is 60.7 Å². The second-order valence-corrected chi connectivity index (χ2v) is 6.93. The first-order valence-electron chi connectivity index (χ1n) is 9.26. The van der Waals surface area contributed by atoms with Crippen LogP contribution in [0.1, 0.15) is 22.1 Å².